The van der Waals surface area contributed by atoms with E-state index in [0.29, 0.717) is 36.6 Å². The first-order valence-corrected chi connectivity index (χ1v) is 11.7. The van der Waals surface area contributed by atoms with Crippen molar-refractivity contribution in [3.8, 4) is 16.8 Å². The molecule has 8 heteroatoms. The molecule has 36 heavy (non-hydrogen) atoms. The zero-order chi connectivity index (χ0) is 25.1. The molecule has 0 saturated heterocycles. The second kappa shape index (κ2) is 10.3. The standard InChI is InChI=1S/C28H26FN5O2/c29-24-13-19(22-7-2-1-5-20(22)15-31-10-11-35)8-9-23(24)26-28(36)27-25(16-32-26)33-17-34(27)21-6-3-4-18(12-21)14-30/h1-9,12-13,16-17,26,31,35H,10-11,14-15,30H2. The Kier molecular flexibility index (Phi) is 6.81. The van der Waals surface area contributed by atoms with Crippen molar-refractivity contribution in [3.63, 3.8) is 0 Å². The van der Waals surface area contributed by atoms with E-state index < -0.39 is 11.9 Å². The lowest BCUT2D eigenvalue weighted by molar-refractivity contribution is 0.0952. The molecule has 182 valence electrons. The van der Waals surface area contributed by atoms with Gasteiger partial charge in [0.1, 0.15) is 29.6 Å². The highest BCUT2D eigenvalue weighted by atomic mass is 19.1. The molecule has 1 aromatic heterocycles. The molecule has 0 bridgehead atoms. The van der Waals surface area contributed by atoms with Gasteiger partial charge in [-0.25, -0.2) is 9.37 Å². The first kappa shape index (κ1) is 23.7. The number of hydrogen-bond acceptors (Lipinski definition) is 6. The summed E-state index contributed by atoms with van der Waals surface area (Å²) in [7, 11) is 0. The molecule has 4 aromatic rings. The number of aromatic nitrogens is 2. The second-order valence-corrected chi connectivity index (χ2v) is 8.56. The zero-order valence-electron chi connectivity index (χ0n) is 19.6. The number of Topliss-reactive ketones (excluding diaryl/α,β-unsaturated/α-hetero) is 1. The van der Waals surface area contributed by atoms with Gasteiger partial charge in [0.2, 0.25) is 5.78 Å². The van der Waals surface area contributed by atoms with Crippen LogP contribution in [0.2, 0.25) is 0 Å². The van der Waals surface area contributed by atoms with Gasteiger partial charge >= 0.3 is 0 Å². The second-order valence-electron chi connectivity index (χ2n) is 8.56. The van der Waals surface area contributed by atoms with E-state index in [1.165, 1.54) is 12.3 Å². The van der Waals surface area contributed by atoms with Crippen molar-refractivity contribution >= 4 is 12.0 Å². The molecule has 2 heterocycles. The van der Waals surface area contributed by atoms with Crippen molar-refractivity contribution in [3.05, 3.63) is 107 Å². The first-order valence-electron chi connectivity index (χ1n) is 11.7. The van der Waals surface area contributed by atoms with Crippen LogP contribution in [0.1, 0.15) is 38.9 Å². The molecule has 1 aliphatic heterocycles. The van der Waals surface area contributed by atoms with Gasteiger partial charge in [-0.15, -0.1) is 0 Å². The quantitative estimate of drug-likeness (QED) is 0.332. The number of rotatable bonds is 8. The normalized spacial score (nSPS) is 14.8. The highest BCUT2D eigenvalue weighted by Gasteiger charge is 2.32. The Morgan fingerprint density at radius 3 is 2.75 bits per heavy atom. The minimum Gasteiger partial charge on any atom is -0.395 e. The monoisotopic (exact) mass is 483 g/mol. The van der Waals surface area contributed by atoms with Gasteiger partial charge in [0.05, 0.1) is 12.8 Å². The third kappa shape index (κ3) is 4.49. The largest absolute Gasteiger partial charge is 0.395 e. The van der Waals surface area contributed by atoms with Crippen LogP contribution in [0.4, 0.5) is 4.39 Å². The van der Waals surface area contributed by atoms with Crippen LogP contribution in [0.5, 0.6) is 0 Å². The summed E-state index contributed by atoms with van der Waals surface area (Å²) in [6, 6.07) is 19.1. The molecule has 7 nitrogen and oxygen atoms in total. The SMILES string of the molecule is NCc1cccc(-n2cnc3c2C(=O)C(c2ccc(-c4ccccc4CNCCO)cc2F)N=C3)c1. The Hall–Kier alpha value is -3.98. The maximum absolute atomic E-state index is 15.4. The number of fused-ring (bicyclic) bond motifs is 1. The lowest BCUT2D eigenvalue weighted by atomic mass is 9.93. The summed E-state index contributed by atoms with van der Waals surface area (Å²) >= 11 is 0. The summed E-state index contributed by atoms with van der Waals surface area (Å²) in [5.74, 6) is -0.816. The minimum atomic E-state index is -0.999. The fourth-order valence-corrected chi connectivity index (χ4v) is 4.47. The van der Waals surface area contributed by atoms with Crippen LogP contribution in [-0.2, 0) is 13.1 Å². The number of carbonyl (C=O) groups is 1. The molecule has 0 fully saturated rings. The Balaban J connectivity index is 1.46. The van der Waals surface area contributed by atoms with Crippen molar-refractivity contribution in [1.29, 1.82) is 0 Å². The molecule has 1 unspecified atom stereocenters. The molecule has 0 amide bonds. The van der Waals surface area contributed by atoms with Crippen LogP contribution in [0, 0.1) is 5.82 Å². The van der Waals surface area contributed by atoms with Crippen molar-refractivity contribution in [2.75, 3.05) is 13.2 Å². The molecule has 1 atom stereocenters. The van der Waals surface area contributed by atoms with E-state index in [0.717, 1.165) is 22.4 Å². The van der Waals surface area contributed by atoms with Crippen LogP contribution in [0.3, 0.4) is 0 Å². The Bertz CT molecular complexity index is 1450. The van der Waals surface area contributed by atoms with Gasteiger partial charge in [0.15, 0.2) is 0 Å². The van der Waals surface area contributed by atoms with E-state index in [1.54, 1.807) is 17.0 Å². The number of nitrogens with zero attached hydrogens (tertiary/aromatic N) is 3. The number of ketones is 1. The maximum Gasteiger partial charge on any atom is 0.210 e. The van der Waals surface area contributed by atoms with Crippen molar-refractivity contribution in [1.82, 2.24) is 14.9 Å². The molecule has 0 spiro atoms. The van der Waals surface area contributed by atoms with Gasteiger partial charge in [-0.2, -0.15) is 0 Å². The lowest BCUT2D eigenvalue weighted by Crippen LogP contribution is -2.21. The van der Waals surface area contributed by atoms with Gasteiger partial charge in [-0.1, -0.05) is 48.5 Å². The van der Waals surface area contributed by atoms with Crippen LogP contribution in [0.15, 0.2) is 78.0 Å². The Morgan fingerprint density at radius 1 is 1.08 bits per heavy atom. The fraction of sp³-hybridized carbons (Fsp3) is 0.179. The number of halogens is 1. The fourth-order valence-electron chi connectivity index (χ4n) is 4.47. The molecule has 0 saturated carbocycles. The smallest absolute Gasteiger partial charge is 0.210 e. The number of aliphatic hydroxyl groups is 1. The summed E-state index contributed by atoms with van der Waals surface area (Å²) in [4.78, 5) is 22.2. The van der Waals surface area contributed by atoms with E-state index in [9.17, 15) is 4.79 Å². The molecular formula is C28H26FN5O2. The van der Waals surface area contributed by atoms with Gasteiger partial charge in [0, 0.05) is 30.9 Å². The number of imidazole rings is 1. The third-order valence-corrected chi connectivity index (χ3v) is 6.28. The molecule has 4 N–H and O–H groups in total. The Morgan fingerprint density at radius 2 is 1.94 bits per heavy atom. The van der Waals surface area contributed by atoms with Crippen molar-refractivity contribution in [2.24, 2.45) is 10.7 Å². The topological polar surface area (TPSA) is 106 Å². The summed E-state index contributed by atoms with van der Waals surface area (Å²) in [5.41, 5.74) is 11.1. The Labute approximate surface area is 208 Å². The molecule has 0 aliphatic carbocycles. The van der Waals surface area contributed by atoms with Gasteiger partial charge in [-0.05, 0) is 40.5 Å². The summed E-state index contributed by atoms with van der Waals surface area (Å²) in [5, 5.41) is 12.2. The predicted octanol–water partition coefficient (Wildman–Crippen LogP) is 3.58. The number of carbonyl (C=O) groups excluding carboxylic acids is 1. The van der Waals surface area contributed by atoms with Crippen molar-refractivity contribution < 1.29 is 14.3 Å². The lowest BCUT2D eigenvalue weighted by Gasteiger charge is -2.19. The molecule has 5 rings (SSSR count). The zero-order valence-corrected chi connectivity index (χ0v) is 19.6. The van der Waals surface area contributed by atoms with E-state index in [-0.39, 0.29) is 18.0 Å². The van der Waals surface area contributed by atoms with Crippen LogP contribution < -0.4 is 11.1 Å². The predicted molar refractivity (Wildman–Crippen MR) is 137 cm³/mol. The molecule has 1 aliphatic rings. The minimum absolute atomic E-state index is 0.0422. The molecular weight excluding hydrogens is 457 g/mol. The number of aliphatic hydroxyl groups excluding tert-OH is 1. The summed E-state index contributed by atoms with van der Waals surface area (Å²) < 4.78 is 17.2. The average Bonchev–Trinajstić information content (AvgIpc) is 3.35. The van der Waals surface area contributed by atoms with Gasteiger partial charge < -0.3 is 16.2 Å². The van der Waals surface area contributed by atoms with E-state index >= 15 is 4.39 Å². The first-order chi connectivity index (χ1) is 17.6. The average molecular weight is 484 g/mol. The summed E-state index contributed by atoms with van der Waals surface area (Å²) in [6.07, 6.45) is 3.11. The number of aliphatic imine (C=N–C) groups is 1. The van der Waals surface area contributed by atoms with E-state index in [4.69, 9.17) is 10.8 Å². The number of nitrogens with one attached hydrogen (secondary N) is 1. The van der Waals surface area contributed by atoms with Crippen molar-refractivity contribution in [2.45, 2.75) is 19.1 Å². The van der Waals surface area contributed by atoms with Gasteiger partial charge in [-0.3, -0.25) is 14.4 Å². The van der Waals surface area contributed by atoms with E-state index in [2.05, 4.69) is 15.3 Å². The van der Waals surface area contributed by atoms with Crippen LogP contribution in [0.25, 0.3) is 16.8 Å². The number of nitrogens with two attached hydrogens (primary N) is 1. The maximum atomic E-state index is 15.4. The third-order valence-electron chi connectivity index (χ3n) is 6.28. The number of hydrogen-bond donors (Lipinski definition) is 3. The summed E-state index contributed by atoms with van der Waals surface area (Å²) in [6.45, 7) is 1.43. The highest BCUT2D eigenvalue weighted by Crippen LogP contribution is 2.33. The molecule has 0 radical (unpaired) electrons. The van der Waals surface area contributed by atoms with Gasteiger partial charge in [0.25, 0.3) is 0 Å². The van der Waals surface area contributed by atoms with Crippen LogP contribution >= 0.6 is 0 Å². The van der Waals surface area contributed by atoms with E-state index in [1.807, 2.05) is 54.6 Å². The highest BCUT2D eigenvalue weighted by molar-refractivity contribution is 6.08. The van der Waals surface area contributed by atoms with Crippen LogP contribution in [-0.4, -0.2) is 39.8 Å². The number of benzene rings is 3. The molecule has 3 aromatic carbocycles.